The van der Waals surface area contributed by atoms with Crippen LogP contribution in [0, 0.1) is 0 Å². The lowest BCUT2D eigenvalue weighted by Gasteiger charge is -2.32. The van der Waals surface area contributed by atoms with Crippen molar-refractivity contribution in [2.75, 3.05) is 14.2 Å². The third-order valence-electron chi connectivity index (χ3n) is 4.91. The molecule has 0 radical (unpaired) electrons. The summed E-state index contributed by atoms with van der Waals surface area (Å²) < 4.78 is 38.0. The Morgan fingerprint density at radius 2 is 1.74 bits per heavy atom. The van der Waals surface area contributed by atoms with E-state index < -0.39 is 24.0 Å². The normalized spacial score (nSPS) is 18.6. The Hall–Kier alpha value is -2.39. The van der Waals surface area contributed by atoms with Gasteiger partial charge in [0.05, 0.1) is 37.3 Å². The van der Waals surface area contributed by atoms with Crippen molar-refractivity contribution in [1.29, 1.82) is 0 Å². The Labute approximate surface area is 158 Å². The summed E-state index contributed by atoms with van der Waals surface area (Å²) in [6.07, 6.45) is 2.86. The molecule has 0 spiro atoms. The summed E-state index contributed by atoms with van der Waals surface area (Å²) in [6, 6.07) is 5.32. The Morgan fingerprint density at radius 3 is 2.33 bits per heavy atom. The second-order valence-electron chi connectivity index (χ2n) is 7.24. The van der Waals surface area contributed by atoms with Gasteiger partial charge in [0.1, 0.15) is 11.4 Å². The van der Waals surface area contributed by atoms with Crippen LogP contribution in [-0.4, -0.2) is 47.5 Å². The molecule has 1 aliphatic heterocycles. The first-order chi connectivity index (χ1) is 12.7. The number of hydrogen-bond acceptors (Lipinski definition) is 6. The molecule has 0 atom stereocenters. The van der Waals surface area contributed by atoms with Crippen LogP contribution in [0.3, 0.4) is 0 Å². The average molecular weight is 375 g/mol. The van der Waals surface area contributed by atoms with Gasteiger partial charge in [-0.1, -0.05) is 5.21 Å². The zero-order valence-corrected chi connectivity index (χ0v) is 16.3. The van der Waals surface area contributed by atoms with Crippen LogP contribution in [0.4, 0.5) is 4.39 Å². The molecule has 1 aliphatic rings. The van der Waals surface area contributed by atoms with Gasteiger partial charge in [-0.15, -0.1) is 5.10 Å². The van der Waals surface area contributed by atoms with E-state index in [-0.39, 0.29) is 0 Å². The summed E-state index contributed by atoms with van der Waals surface area (Å²) in [6.45, 7) is 7.47. The predicted molar refractivity (Wildman–Crippen MR) is 99.6 cm³/mol. The van der Waals surface area contributed by atoms with Crippen molar-refractivity contribution >= 4 is 13.2 Å². The van der Waals surface area contributed by atoms with Crippen molar-refractivity contribution in [2.24, 2.45) is 0 Å². The maximum absolute atomic E-state index is 14.6. The number of ether oxygens (including phenoxy) is 2. The first-order valence-corrected chi connectivity index (χ1v) is 8.54. The van der Waals surface area contributed by atoms with E-state index in [0.717, 1.165) is 0 Å². The lowest BCUT2D eigenvalue weighted by atomic mass is 9.87. The smallest absolute Gasteiger partial charge is 0.493 e. The molecule has 7 nitrogen and oxygen atoms in total. The fourth-order valence-corrected chi connectivity index (χ4v) is 2.60. The highest BCUT2D eigenvalue weighted by Gasteiger charge is 2.53. The topological polar surface area (TPSA) is 67.6 Å². The molecular formula is C18H23BFN3O4. The van der Waals surface area contributed by atoms with Crippen LogP contribution >= 0.6 is 0 Å². The van der Waals surface area contributed by atoms with E-state index in [0.29, 0.717) is 22.9 Å². The standard InChI is InChI=1S/C18H23BFN3O4/c1-17(2)18(3,4)27-19(26-17)16(20)9-12-11-23(22-21-12)13-7-8-14(24-5)15(10-13)25-6/h7-11H,1-6H3. The van der Waals surface area contributed by atoms with Gasteiger partial charge in [-0.3, -0.25) is 0 Å². The molecule has 27 heavy (non-hydrogen) atoms. The number of nitrogens with zero attached hydrogens (tertiary/aromatic N) is 3. The van der Waals surface area contributed by atoms with Crippen molar-refractivity contribution in [3.05, 3.63) is 35.8 Å². The predicted octanol–water partition coefficient (Wildman–Crippen LogP) is 3.23. The summed E-state index contributed by atoms with van der Waals surface area (Å²) in [5.41, 5.74) is -0.735. The second kappa shape index (κ2) is 6.97. The highest BCUT2D eigenvalue weighted by molar-refractivity contribution is 6.54. The third kappa shape index (κ3) is 3.70. The molecule has 144 valence electrons. The molecule has 2 heterocycles. The Kier molecular flexibility index (Phi) is 5.01. The summed E-state index contributed by atoms with van der Waals surface area (Å²) in [7, 11) is 2.05. The highest BCUT2D eigenvalue weighted by atomic mass is 19.1. The van der Waals surface area contributed by atoms with Gasteiger partial charge in [0.15, 0.2) is 11.5 Å². The van der Waals surface area contributed by atoms with Crippen LogP contribution in [0.1, 0.15) is 33.4 Å². The Morgan fingerprint density at radius 1 is 1.11 bits per heavy atom. The molecule has 9 heteroatoms. The van der Waals surface area contributed by atoms with E-state index in [1.807, 2.05) is 27.7 Å². The fourth-order valence-electron chi connectivity index (χ4n) is 2.60. The molecule has 0 saturated carbocycles. The number of benzene rings is 1. The van der Waals surface area contributed by atoms with Gasteiger partial charge in [0.2, 0.25) is 0 Å². The minimum Gasteiger partial charge on any atom is -0.493 e. The van der Waals surface area contributed by atoms with Crippen LogP contribution in [0.15, 0.2) is 30.1 Å². The zero-order chi connectivity index (χ0) is 19.8. The van der Waals surface area contributed by atoms with E-state index in [2.05, 4.69) is 10.3 Å². The Bertz CT molecular complexity index is 850. The minimum absolute atomic E-state index is 0.344. The summed E-state index contributed by atoms with van der Waals surface area (Å²) in [4.78, 5) is 0. The highest BCUT2D eigenvalue weighted by Crippen LogP contribution is 2.39. The van der Waals surface area contributed by atoms with Crippen molar-refractivity contribution in [3.63, 3.8) is 0 Å². The van der Waals surface area contributed by atoms with Crippen molar-refractivity contribution in [2.45, 2.75) is 38.9 Å². The largest absolute Gasteiger partial charge is 0.525 e. The molecule has 1 saturated heterocycles. The molecule has 3 rings (SSSR count). The molecule has 0 aliphatic carbocycles. The number of hydrogen-bond donors (Lipinski definition) is 0. The average Bonchev–Trinajstić information content (AvgIpc) is 3.16. The SMILES string of the molecule is COc1ccc(-n2cc(C=C(F)B3OC(C)(C)C(C)(C)O3)nn2)cc1OC. The number of aromatic nitrogens is 3. The van der Waals surface area contributed by atoms with Gasteiger partial charge in [-0.2, -0.15) is 0 Å². The molecule has 0 bridgehead atoms. The number of rotatable bonds is 5. The monoisotopic (exact) mass is 375 g/mol. The summed E-state index contributed by atoms with van der Waals surface area (Å²) in [5, 5.41) is 8.02. The lowest BCUT2D eigenvalue weighted by molar-refractivity contribution is 0.00578. The van der Waals surface area contributed by atoms with Gasteiger partial charge >= 0.3 is 7.12 Å². The zero-order valence-electron chi connectivity index (χ0n) is 16.3. The maximum atomic E-state index is 14.6. The van der Waals surface area contributed by atoms with E-state index in [1.54, 1.807) is 38.6 Å². The van der Waals surface area contributed by atoms with Crippen molar-refractivity contribution < 1.29 is 23.2 Å². The van der Waals surface area contributed by atoms with Crippen LogP contribution < -0.4 is 9.47 Å². The van der Waals surface area contributed by atoms with Crippen molar-refractivity contribution in [3.8, 4) is 17.2 Å². The molecule has 1 aromatic carbocycles. The Balaban J connectivity index is 1.81. The number of methoxy groups -OCH3 is 2. The molecular weight excluding hydrogens is 352 g/mol. The van der Waals surface area contributed by atoms with Crippen LogP contribution in [-0.2, 0) is 9.31 Å². The van der Waals surface area contributed by atoms with E-state index in [1.165, 1.54) is 10.8 Å². The first-order valence-electron chi connectivity index (χ1n) is 8.54. The van der Waals surface area contributed by atoms with Crippen LogP contribution in [0.2, 0.25) is 0 Å². The van der Waals surface area contributed by atoms with Crippen LogP contribution in [0.25, 0.3) is 11.8 Å². The molecule has 0 unspecified atom stereocenters. The van der Waals surface area contributed by atoms with Gasteiger partial charge in [0.25, 0.3) is 0 Å². The number of halogens is 1. The molecule has 1 fully saturated rings. The second-order valence-corrected chi connectivity index (χ2v) is 7.24. The van der Waals surface area contributed by atoms with E-state index >= 15 is 0 Å². The van der Waals surface area contributed by atoms with E-state index in [9.17, 15) is 4.39 Å². The van der Waals surface area contributed by atoms with Gasteiger partial charge < -0.3 is 18.8 Å². The van der Waals surface area contributed by atoms with Crippen molar-refractivity contribution in [1.82, 2.24) is 15.0 Å². The maximum Gasteiger partial charge on any atom is 0.525 e. The van der Waals surface area contributed by atoms with E-state index in [4.69, 9.17) is 18.8 Å². The van der Waals surface area contributed by atoms with Gasteiger partial charge in [0, 0.05) is 6.07 Å². The molecule has 1 aromatic heterocycles. The minimum atomic E-state index is -1.07. The molecule has 0 N–H and O–H groups in total. The summed E-state index contributed by atoms with van der Waals surface area (Å²) >= 11 is 0. The quantitative estimate of drug-likeness (QED) is 0.748. The van der Waals surface area contributed by atoms with Gasteiger partial charge in [-0.05, 0) is 45.9 Å². The van der Waals surface area contributed by atoms with Crippen LogP contribution in [0.5, 0.6) is 11.5 Å². The fraction of sp³-hybridized carbons (Fsp3) is 0.444. The first kappa shape index (κ1) is 19.4. The summed E-state index contributed by atoms with van der Waals surface area (Å²) in [5.74, 6) is 1.17. The molecule has 0 amide bonds. The molecule has 2 aromatic rings. The lowest BCUT2D eigenvalue weighted by Crippen LogP contribution is -2.41. The third-order valence-corrected chi connectivity index (χ3v) is 4.91. The van der Waals surface area contributed by atoms with Gasteiger partial charge in [-0.25, -0.2) is 9.07 Å².